The van der Waals surface area contributed by atoms with Crippen molar-refractivity contribution in [3.05, 3.63) is 89.4 Å². The second-order valence-corrected chi connectivity index (χ2v) is 12.0. The van der Waals surface area contributed by atoms with Crippen molar-refractivity contribution in [1.29, 1.82) is 0 Å². The molecule has 0 aliphatic heterocycles. The van der Waals surface area contributed by atoms with Crippen LogP contribution in [0.4, 0.5) is 26.3 Å². The molecule has 52 heavy (non-hydrogen) atoms. The number of nitrogens with one attached hydrogen (secondary N) is 2. The summed E-state index contributed by atoms with van der Waals surface area (Å²) in [5.41, 5.74) is -0.0933. The number of amides is 2. The zero-order valence-electron chi connectivity index (χ0n) is 28.2. The Hall–Kier alpha value is -5.44. The highest BCUT2D eigenvalue weighted by Gasteiger charge is 2.51. The molecule has 5 rings (SSSR count). The zero-order valence-corrected chi connectivity index (χ0v) is 28.2. The standard InChI is InChI=1S/C37H34F6N4O5/c1-5-14-46-34(45-3)36(18-24(19-36)51-35(39)40)47-32(48)27-15-21(8-11-28(27)50-4)25-17-26-29(16-22(25)12-13-37(41,42)43)52-31(30(26)33(49)44-2)20-6-9-23(38)10-7-20/h5-11,14-17,24,35H,3,12-13,18-19H2,1-2,4H3,(H,44,49)(H,47,48)/b14-5-,46-34?. The summed E-state index contributed by atoms with van der Waals surface area (Å²) in [5.74, 6) is -1.58. The third-order valence-electron chi connectivity index (χ3n) is 8.63. The van der Waals surface area contributed by atoms with Crippen molar-refractivity contribution in [2.24, 2.45) is 9.98 Å². The molecule has 1 saturated carbocycles. The van der Waals surface area contributed by atoms with Gasteiger partial charge < -0.3 is 24.5 Å². The second-order valence-electron chi connectivity index (χ2n) is 12.0. The lowest BCUT2D eigenvalue weighted by atomic mass is 9.72. The summed E-state index contributed by atoms with van der Waals surface area (Å²) in [6, 6.07) is 12.5. The number of aliphatic imine (C=N–C) groups is 2. The fourth-order valence-electron chi connectivity index (χ4n) is 6.19. The normalized spacial score (nSPS) is 17.7. The number of carbonyl (C=O) groups is 2. The van der Waals surface area contributed by atoms with Crippen LogP contribution in [0.1, 0.15) is 52.5 Å². The van der Waals surface area contributed by atoms with Crippen LogP contribution in [0.25, 0.3) is 33.4 Å². The van der Waals surface area contributed by atoms with Crippen molar-refractivity contribution < 1.29 is 49.8 Å². The topological polar surface area (TPSA) is 115 Å². The minimum absolute atomic E-state index is 0.0420. The highest BCUT2D eigenvalue weighted by atomic mass is 19.4. The lowest BCUT2D eigenvalue weighted by Gasteiger charge is -2.46. The first kappa shape index (κ1) is 37.8. The molecule has 0 saturated heterocycles. The molecule has 1 aliphatic carbocycles. The molecule has 1 heterocycles. The Labute approximate surface area is 294 Å². The van der Waals surface area contributed by atoms with E-state index in [2.05, 4.69) is 32.1 Å². The molecule has 0 radical (unpaired) electrons. The van der Waals surface area contributed by atoms with Crippen molar-refractivity contribution >= 4 is 35.3 Å². The van der Waals surface area contributed by atoms with Gasteiger partial charge in [-0.2, -0.15) is 22.0 Å². The summed E-state index contributed by atoms with van der Waals surface area (Å²) < 4.78 is 96.5. The van der Waals surface area contributed by atoms with Gasteiger partial charge in [-0.15, -0.1) is 0 Å². The smallest absolute Gasteiger partial charge is 0.389 e. The van der Waals surface area contributed by atoms with Crippen molar-refractivity contribution in [3.8, 4) is 28.2 Å². The lowest BCUT2D eigenvalue weighted by Crippen LogP contribution is -2.64. The molecule has 0 bridgehead atoms. The summed E-state index contributed by atoms with van der Waals surface area (Å²) in [6.07, 6.45) is -4.28. The van der Waals surface area contributed by atoms with Crippen LogP contribution in [0.2, 0.25) is 0 Å². The molecule has 2 N–H and O–H groups in total. The van der Waals surface area contributed by atoms with Crippen molar-refractivity contribution in [2.45, 2.75) is 57.0 Å². The van der Waals surface area contributed by atoms with Gasteiger partial charge in [0.1, 0.15) is 28.4 Å². The van der Waals surface area contributed by atoms with Crippen LogP contribution in [0.3, 0.4) is 0 Å². The Morgan fingerprint density at radius 2 is 1.77 bits per heavy atom. The molecule has 3 aromatic carbocycles. The van der Waals surface area contributed by atoms with E-state index in [1.54, 1.807) is 19.1 Å². The SMILES string of the molecule is C=NC(=N/C=C\C)C1(NC(=O)c2cc(-c3cc4c(C(=O)NC)c(-c5ccc(F)cc5)oc4cc3CCC(F)(F)F)ccc2OC)CC(OC(F)F)C1. The Morgan fingerprint density at radius 1 is 1.08 bits per heavy atom. The zero-order chi connectivity index (χ0) is 37.8. The van der Waals surface area contributed by atoms with E-state index >= 15 is 0 Å². The van der Waals surface area contributed by atoms with Gasteiger partial charge in [-0.1, -0.05) is 12.1 Å². The van der Waals surface area contributed by atoms with Gasteiger partial charge in [-0.3, -0.25) is 9.59 Å². The Kier molecular flexibility index (Phi) is 11.2. The van der Waals surface area contributed by atoms with Gasteiger partial charge in [0.2, 0.25) is 0 Å². The third-order valence-corrected chi connectivity index (χ3v) is 8.63. The maximum absolute atomic E-state index is 14.0. The molecule has 1 fully saturated rings. The number of carbonyl (C=O) groups excluding carboxylic acids is 2. The van der Waals surface area contributed by atoms with Gasteiger partial charge in [0.15, 0.2) is 5.84 Å². The average molecular weight is 729 g/mol. The molecule has 274 valence electrons. The molecule has 15 heteroatoms. The molecule has 1 aromatic heterocycles. The highest BCUT2D eigenvalue weighted by molar-refractivity contribution is 6.12. The number of nitrogens with zero attached hydrogens (tertiary/aromatic N) is 2. The van der Waals surface area contributed by atoms with Crippen molar-refractivity contribution in [1.82, 2.24) is 10.6 Å². The number of furan rings is 1. The number of ether oxygens (including phenoxy) is 2. The largest absolute Gasteiger partial charge is 0.496 e. The summed E-state index contributed by atoms with van der Waals surface area (Å²) in [7, 11) is 2.72. The number of allylic oxidation sites excluding steroid dienone is 1. The Morgan fingerprint density at radius 3 is 2.37 bits per heavy atom. The van der Waals surface area contributed by atoms with Gasteiger partial charge in [0.05, 0.1) is 24.3 Å². The first-order chi connectivity index (χ1) is 24.7. The fourth-order valence-corrected chi connectivity index (χ4v) is 6.19. The predicted octanol–water partition coefficient (Wildman–Crippen LogP) is 8.27. The van der Waals surface area contributed by atoms with E-state index in [1.165, 1.54) is 68.9 Å². The summed E-state index contributed by atoms with van der Waals surface area (Å²) in [4.78, 5) is 35.4. The minimum atomic E-state index is -4.51. The first-order valence-corrected chi connectivity index (χ1v) is 16.0. The summed E-state index contributed by atoms with van der Waals surface area (Å²) in [5, 5.41) is 5.62. The molecule has 0 spiro atoms. The van der Waals surface area contributed by atoms with E-state index in [4.69, 9.17) is 9.15 Å². The average Bonchev–Trinajstić information content (AvgIpc) is 3.47. The van der Waals surface area contributed by atoms with Gasteiger partial charge >= 0.3 is 12.8 Å². The first-order valence-electron chi connectivity index (χ1n) is 16.0. The van der Waals surface area contributed by atoms with E-state index in [-0.39, 0.29) is 63.4 Å². The molecule has 0 unspecified atom stereocenters. The van der Waals surface area contributed by atoms with Crippen molar-refractivity contribution in [3.63, 3.8) is 0 Å². The van der Waals surface area contributed by atoms with Crippen LogP contribution in [0, 0.1) is 5.82 Å². The van der Waals surface area contributed by atoms with Gasteiger partial charge in [0, 0.05) is 43.5 Å². The van der Waals surface area contributed by atoms with Crippen molar-refractivity contribution in [2.75, 3.05) is 14.2 Å². The monoisotopic (exact) mass is 728 g/mol. The van der Waals surface area contributed by atoms with Crippen LogP contribution in [-0.2, 0) is 11.2 Å². The maximum atomic E-state index is 14.0. The molecular weight excluding hydrogens is 694 g/mol. The number of fused-ring (bicyclic) bond motifs is 1. The number of aryl methyl sites for hydroxylation is 1. The second kappa shape index (κ2) is 15.4. The highest BCUT2D eigenvalue weighted by Crippen LogP contribution is 2.41. The molecule has 1 aliphatic rings. The minimum Gasteiger partial charge on any atom is -0.496 e. The molecule has 9 nitrogen and oxygen atoms in total. The predicted molar refractivity (Wildman–Crippen MR) is 183 cm³/mol. The van der Waals surface area contributed by atoms with E-state index in [1.807, 2.05) is 0 Å². The van der Waals surface area contributed by atoms with Crippen LogP contribution in [0.15, 0.2) is 81.3 Å². The number of hydrogen-bond acceptors (Lipinski definition) is 6. The maximum Gasteiger partial charge on any atom is 0.389 e. The van der Waals surface area contributed by atoms with Crippen LogP contribution >= 0.6 is 0 Å². The molecule has 2 amide bonds. The van der Waals surface area contributed by atoms with E-state index in [0.29, 0.717) is 11.1 Å². The van der Waals surface area contributed by atoms with Gasteiger partial charge in [-0.05, 0) is 85.3 Å². The number of hydrogen-bond donors (Lipinski definition) is 2. The van der Waals surface area contributed by atoms with E-state index in [0.717, 1.165) is 0 Å². The lowest BCUT2D eigenvalue weighted by molar-refractivity contribution is -0.190. The number of benzene rings is 3. The van der Waals surface area contributed by atoms with E-state index in [9.17, 15) is 35.9 Å². The van der Waals surface area contributed by atoms with E-state index < -0.39 is 54.9 Å². The molecular formula is C37H34F6N4O5. The van der Waals surface area contributed by atoms with Crippen LogP contribution < -0.4 is 15.4 Å². The Balaban J connectivity index is 1.65. The van der Waals surface area contributed by atoms with Gasteiger partial charge in [0.25, 0.3) is 11.8 Å². The summed E-state index contributed by atoms with van der Waals surface area (Å²) in [6.45, 7) is 2.17. The molecule has 4 aromatic rings. The number of rotatable bonds is 12. The Bertz CT molecular complexity index is 2030. The van der Waals surface area contributed by atoms with Crippen LogP contribution in [-0.4, -0.2) is 63.0 Å². The molecule has 0 atom stereocenters. The summed E-state index contributed by atoms with van der Waals surface area (Å²) >= 11 is 0. The quantitative estimate of drug-likeness (QED) is 0.0866. The van der Waals surface area contributed by atoms with Gasteiger partial charge in [-0.25, -0.2) is 14.4 Å². The van der Waals surface area contributed by atoms with Crippen LogP contribution in [0.5, 0.6) is 5.75 Å². The number of methoxy groups -OCH3 is 1. The third kappa shape index (κ3) is 8.04. The number of alkyl halides is 5. The number of halogens is 6. The number of amidine groups is 1. The fraction of sp³-hybridized carbons (Fsp3) is 0.297.